The van der Waals surface area contributed by atoms with Gasteiger partial charge in [0.25, 0.3) is 11.5 Å². The number of benzene rings is 1. The molecule has 1 amide bonds. The van der Waals surface area contributed by atoms with Crippen LogP contribution in [0.3, 0.4) is 0 Å². The number of aromatic amines is 1. The van der Waals surface area contributed by atoms with Gasteiger partial charge < -0.3 is 30.4 Å². The van der Waals surface area contributed by atoms with Crippen molar-refractivity contribution in [3.05, 3.63) is 54.8 Å². The van der Waals surface area contributed by atoms with E-state index in [0.29, 0.717) is 0 Å². The first kappa shape index (κ1) is 32.5. The molecular weight excluding hydrogens is 586 g/mol. The first-order chi connectivity index (χ1) is 19.2. The maximum atomic E-state index is 16.0. The van der Waals surface area contributed by atoms with Crippen molar-refractivity contribution in [3.63, 3.8) is 0 Å². The van der Waals surface area contributed by atoms with Crippen LogP contribution in [0.4, 0.5) is 4.39 Å². The molecule has 6 atom stereocenters. The Bertz CT molecular complexity index is 1420. The number of carbonyl (C=O) groups excluding carboxylic acids is 2. The van der Waals surface area contributed by atoms with E-state index in [0.717, 1.165) is 10.8 Å². The minimum Gasteiger partial charge on any atom is -0.495 e. The summed E-state index contributed by atoms with van der Waals surface area (Å²) in [5, 5.41) is 14.3. The normalized spacial score (nSPS) is 23.7. The number of aryl methyl sites for hydroxylation is 1. The monoisotopic (exact) mass is 618 g/mol. The van der Waals surface area contributed by atoms with Crippen molar-refractivity contribution >= 4 is 34.9 Å². The summed E-state index contributed by atoms with van der Waals surface area (Å²) >= 11 is 12.2. The van der Waals surface area contributed by atoms with Gasteiger partial charge in [-0.1, -0.05) is 44.0 Å². The molecule has 0 bridgehead atoms. The van der Waals surface area contributed by atoms with Gasteiger partial charge in [-0.15, -0.1) is 0 Å². The number of H-pyrrole nitrogens is 1. The second-order valence-electron chi connectivity index (χ2n) is 9.97. The molecule has 5 N–H and O–H groups in total. The molecule has 0 spiro atoms. The van der Waals surface area contributed by atoms with E-state index in [2.05, 4.69) is 10.3 Å². The quantitative estimate of drug-likeness (QED) is 0.291. The van der Waals surface area contributed by atoms with E-state index in [9.17, 15) is 24.3 Å². The fourth-order valence-electron chi connectivity index (χ4n) is 4.32. The summed E-state index contributed by atoms with van der Waals surface area (Å²) in [4.78, 5) is 52.8. The summed E-state index contributed by atoms with van der Waals surface area (Å²) in [6.07, 6.45) is -5.81. The van der Waals surface area contributed by atoms with Crippen molar-refractivity contribution in [2.75, 3.05) is 13.7 Å². The number of ether oxygens (including phenoxy) is 3. The number of nitrogens with one attached hydrogen (secondary N) is 2. The van der Waals surface area contributed by atoms with Gasteiger partial charge in [-0.3, -0.25) is 23.9 Å². The van der Waals surface area contributed by atoms with Crippen LogP contribution in [-0.2, 0) is 20.7 Å². The predicted molar refractivity (Wildman–Crippen MR) is 148 cm³/mol. The number of aromatic nitrogens is 2. The third-order valence-electron chi connectivity index (χ3n) is 6.92. The minimum atomic E-state index is -2.85. The lowest BCUT2D eigenvalue weighted by molar-refractivity contribution is -0.150. The zero-order valence-electron chi connectivity index (χ0n) is 23.1. The molecule has 15 heteroatoms. The van der Waals surface area contributed by atoms with Gasteiger partial charge in [0.1, 0.15) is 17.6 Å². The lowest BCUT2D eigenvalue weighted by Crippen LogP contribution is -2.62. The summed E-state index contributed by atoms with van der Waals surface area (Å²) in [6, 6.07) is 1.48. The third kappa shape index (κ3) is 6.44. The molecule has 1 saturated heterocycles. The van der Waals surface area contributed by atoms with Gasteiger partial charge in [0.2, 0.25) is 0 Å². The van der Waals surface area contributed by atoms with E-state index in [-0.39, 0.29) is 33.5 Å². The number of hydrogen-bond donors (Lipinski definition) is 4. The number of nitrogens with two attached hydrogens (primary N) is 1. The highest BCUT2D eigenvalue weighted by molar-refractivity contribution is 6.36. The SMILES string of the molecule is CCc1cn([C@@H]2O[C@H](CNC(=O)[C@H](C)Oc3cc(OC)c(Cl)cc3Cl)[C@](O)(C(=O)[C@@H](N)C(C)C)[C@H]2F)c(=O)[nH]c1=O. The zero-order chi connectivity index (χ0) is 30.8. The first-order valence-electron chi connectivity index (χ1n) is 12.8. The summed E-state index contributed by atoms with van der Waals surface area (Å²) in [6.45, 7) is 5.71. The molecule has 3 rings (SSSR count). The van der Waals surface area contributed by atoms with Crippen molar-refractivity contribution in [2.45, 2.75) is 70.4 Å². The molecule has 0 unspecified atom stereocenters. The topological polar surface area (TPSA) is 175 Å². The molecular formula is C26H33Cl2FN4O8. The van der Waals surface area contributed by atoms with Crippen LogP contribution in [0.5, 0.6) is 11.5 Å². The third-order valence-corrected chi connectivity index (χ3v) is 7.51. The Kier molecular flexibility index (Phi) is 10.2. The smallest absolute Gasteiger partial charge is 0.330 e. The van der Waals surface area contributed by atoms with Crippen LogP contribution in [-0.4, -0.2) is 70.0 Å². The van der Waals surface area contributed by atoms with Crippen LogP contribution in [0.2, 0.25) is 10.0 Å². The fraction of sp³-hybridized carbons (Fsp3) is 0.538. The molecule has 226 valence electrons. The predicted octanol–water partition coefficient (Wildman–Crippen LogP) is 1.52. The Hall–Kier alpha value is -2.97. The average Bonchev–Trinajstić information content (AvgIpc) is 3.18. The lowest BCUT2D eigenvalue weighted by Gasteiger charge is -2.32. The number of nitrogens with zero attached hydrogens (tertiary/aromatic N) is 1. The van der Waals surface area contributed by atoms with Crippen molar-refractivity contribution in [3.8, 4) is 11.5 Å². The molecule has 0 radical (unpaired) electrons. The zero-order valence-corrected chi connectivity index (χ0v) is 24.6. The first-order valence-corrected chi connectivity index (χ1v) is 13.6. The van der Waals surface area contributed by atoms with Crippen molar-refractivity contribution in [1.29, 1.82) is 0 Å². The second kappa shape index (κ2) is 12.9. The van der Waals surface area contributed by atoms with Crippen LogP contribution in [0.1, 0.15) is 39.5 Å². The molecule has 1 aliphatic heterocycles. The number of aliphatic hydroxyl groups is 1. The van der Waals surface area contributed by atoms with E-state index < -0.39 is 71.7 Å². The number of alkyl halides is 1. The lowest BCUT2D eigenvalue weighted by atomic mass is 9.81. The van der Waals surface area contributed by atoms with Gasteiger partial charge in [0, 0.05) is 24.4 Å². The number of Topliss-reactive ketones (excluding diaryl/α,β-unsaturated/α-hetero) is 1. The van der Waals surface area contributed by atoms with Gasteiger partial charge in [-0.05, 0) is 25.3 Å². The van der Waals surface area contributed by atoms with E-state index in [1.54, 1.807) is 20.8 Å². The maximum absolute atomic E-state index is 16.0. The van der Waals surface area contributed by atoms with Crippen LogP contribution >= 0.6 is 23.2 Å². The Morgan fingerprint density at radius 1 is 1.24 bits per heavy atom. The molecule has 1 fully saturated rings. The highest BCUT2D eigenvalue weighted by Gasteiger charge is 2.63. The Morgan fingerprint density at radius 2 is 1.88 bits per heavy atom. The number of ketones is 1. The molecule has 41 heavy (non-hydrogen) atoms. The van der Waals surface area contributed by atoms with Crippen LogP contribution in [0.25, 0.3) is 0 Å². The van der Waals surface area contributed by atoms with Crippen LogP contribution in [0, 0.1) is 5.92 Å². The molecule has 0 saturated carbocycles. The Balaban J connectivity index is 1.88. The molecule has 1 aromatic carbocycles. The van der Waals surface area contributed by atoms with E-state index in [4.69, 9.17) is 43.1 Å². The number of amides is 1. The molecule has 1 aliphatic rings. The molecule has 12 nitrogen and oxygen atoms in total. The number of carbonyl (C=O) groups is 2. The summed E-state index contributed by atoms with van der Waals surface area (Å²) < 4.78 is 33.2. The molecule has 1 aromatic heterocycles. The number of hydrogen-bond acceptors (Lipinski definition) is 9. The summed E-state index contributed by atoms with van der Waals surface area (Å²) in [5.41, 5.74) is 1.61. The van der Waals surface area contributed by atoms with Gasteiger partial charge >= 0.3 is 5.69 Å². The van der Waals surface area contributed by atoms with Gasteiger partial charge in [-0.25, -0.2) is 9.18 Å². The largest absolute Gasteiger partial charge is 0.495 e. The van der Waals surface area contributed by atoms with E-state index >= 15 is 4.39 Å². The maximum Gasteiger partial charge on any atom is 0.330 e. The Morgan fingerprint density at radius 3 is 2.46 bits per heavy atom. The number of rotatable bonds is 11. The number of halogens is 3. The fourth-order valence-corrected chi connectivity index (χ4v) is 4.82. The van der Waals surface area contributed by atoms with Gasteiger partial charge in [0.15, 0.2) is 29.9 Å². The molecule has 2 heterocycles. The van der Waals surface area contributed by atoms with Crippen LogP contribution < -0.4 is 31.8 Å². The minimum absolute atomic E-state index is 0.0929. The Labute approximate surface area is 244 Å². The average molecular weight is 619 g/mol. The van der Waals surface area contributed by atoms with Gasteiger partial charge in [0.05, 0.1) is 23.2 Å². The molecule has 2 aromatic rings. The standard InChI is InChI=1S/C26H33Cl2FN4O8/c1-6-13-10-33(25(37)32-23(13)36)24-20(29)26(38,21(34)19(30)11(2)3)18(41-24)9-31-22(35)12(4)40-17-8-16(39-5)14(27)7-15(17)28/h7-8,10-12,18-20,24,38H,6,9,30H2,1-5H3,(H,31,35)(H,32,36,37)/t12-,18+,19-,20-,24+,26+/m0/s1. The number of methoxy groups -OCH3 is 1. The van der Waals surface area contributed by atoms with Crippen molar-refractivity contribution in [2.24, 2.45) is 11.7 Å². The summed E-state index contributed by atoms with van der Waals surface area (Å²) in [7, 11) is 1.39. The molecule has 0 aliphatic carbocycles. The van der Waals surface area contributed by atoms with E-state index in [1.807, 2.05) is 0 Å². The highest BCUT2D eigenvalue weighted by Crippen LogP contribution is 2.41. The van der Waals surface area contributed by atoms with Crippen molar-refractivity contribution in [1.82, 2.24) is 14.9 Å². The summed E-state index contributed by atoms with van der Waals surface area (Å²) in [5.74, 6) is -1.93. The van der Waals surface area contributed by atoms with Crippen molar-refractivity contribution < 1.29 is 33.3 Å². The van der Waals surface area contributed by atoms with Crippen LogP contribution in [0.15, 0.2) is 27.9 Å². The highest BCUT2D eigenvalue weighted by atomic mass is 35.5. The van der Waals surface area contributed by atoms with Gasteiger partial charge in [-0.2, -0.15) is 0 Å². The second-order valence-corrected chi connectivity index (χ2v) is 10.8. The van der Waals surface area contributed by atoms with E-state index in [1.165, 1.54) is 26.2 Å².